The van der Waals surface area contributed by atoms with E-state index >= 15 is 52.7 Å². The van der Waals surface area contributed by atoms with Crippen molar-refractivity contribution >= 4 is 0 Å². The van der Waals surface area contributed by atoms with Crippen LogP contribution in [0, 0.1) is 0 Å². The SMILES string of the molecule is FC(F)(F)C(F)(F)C(F)(F)C(F)(F)COc1nc(C(F)(F)C(F)(F)C(F)(F)C(F)(F)C(F)(F)C(F)(F)c2nc(OCC(F)(F)C(F)(F)C(F)(F)C(F)(F)F)c(OCC(F)(F)C(F)(F)C(F)(F)C(F)(F)F)c(OCC(F)(F)C(F)(F)C(F)(F)C(F)(F)F)n2)nc(OCC(F)(F)C(F)(F)C(F)(F)C(F)(F)F)c1OCC(F)(F)C(F)(F)C(F)(F)C(F)(F)F. The number of hydrogen-bond donors (Lipinski definition) is 0. The Morgan fingerprint density at radius 3 is 0.375 bits per heavy atom. The van der Waals surface area contributed by atoms with Crippen molar-refractivity contribution in [3.8, 4) is 35.0 Å². The summed E-state index contributed by atoms with van der Waals surface area (Å²) in [5.41, 5.74) is 0. The molecule has 0 aliphatic heterocycles. The van der Waals surface area contributed by atoms with Gasteiger partial charge >= 0.3 is 179 Å². The summed E-state index contributed by atoms with van der Waals surface area (Å²) in [4.78, 5) is 3.26. The van der Waals surface area contributed by atoms with E-state index in [0.717, 1.165) is 19.9 Å². The Bertz CT molecular complexity index is 3510. The molecular weight excluding hydrogens is 1930 g/mol. The molecule has 0 bridgehead atoms. The predicted molar refractivity (Wildman–Crippen MR) is 230 cm³/mol. The van der Waals surface area contributed by atoms with Crippen molar-refractivity contribution in [1.29, 1.82) is 0 Å². The molecule has 120 heavy (non-hydrogen) atoms. The lowest BCUT2D eigenvalue weighted by atomic mass is 9.90. The van der Waals surface area contributed by atoms with Crippen LogP contribution in [0.5, 0.6) is 35.0 Å². The van der Waals surface area contributed by atoms with Crippen LogP contribution < -0.4 is 28.4 Å². The fraction of sp³-hybridized carbons (Fsp3) is 0.818. The number of halogens is 66. The molecule has 76 heteroatoms. The van der Waals surface area contributed by atoms with E-state index in [0.29, 0.717) is 0 Å². The molecule has 0 N–H and O–H groups in total. The van der Waals surface area contributed by atoms with Crippen molar-refractivity contribution in [2.75, 3.05) is 39.6 Å². The normalized spacial score (nSPS) is 16.1. The van der Waals surface area contributed by atoms with Gasteiger partial charge in [0, 0.05) is 0 Å². The molecule has 0 aromatic carbocycles. The summed E-state index contributed by atoms with van der Waals surface area (Å²) in [6.07, 6.45) is -49.9. The van der Waals surface area contributed by atoms with Gasteiger partial charge in [-0.25, -0.2) is 0 Å². The van der Waals surface area contributed by atoms with Crippen LogP contribution in [0.25, 0.3) is 0 Å². The van der Waals surface area contributed by atoms with Crippen molar-refractivity contribution in [3.05, 3.63) is 11.6 Å². The molecule has 0 aliphatic rings. The second-order valence-corrected chi connectivity index (χ2v) is 22.3. The zero-order chi connectivity index (χ0) is 96.9. The number of alkyl halides is 66. The smallest absolute Gasteiger partial charge is 0.460 e. The van der Waals surface area contributed by atoms with Gasteiger partial charge in [0.2, 0.25) is 23.1 Å². The average Bonchev–Trinajstić information content (AvgIpc) is 0.693. The number of rotatable bonds is 37. The number of ether oxygens (including phenoxy) is 6. The van der Waals surface area contributed by atoms with Gasteiger partial charge in [-0.15, -0.1) is 0 Å². The lowest BCUT2D eigenvalue weighted by molar-refractivity contribution is -0.431. The second kappa shape index (κ2) is 30.1. The maximum atomic E-state index is 16.1. The Kier molecular flexibility index (Phi) is 27.2. The highest BCUT2D eigenvalue weighted by Gasteiger charge is 2.93. The van der Waals surface area contributed by atoms with Crippen LogP contribution in [0.2, 0.25) is 0 Å². The van der Waals surface area contributed by atoms with Crippen LogP contribution >= 0.6 is 0 Å². The summed E-state index contributed by atoms with van der Waals surface area (Å²) in [7, 11) is 0. The standard InChI is InChI=1S/C44H12F66N4O6/c45-15(46,23(61,62)33(81,82)39(93,94)95)1-115-7-9(117-3-17(49,50)25(65,66)35(85,86)41(99,100)101)111-13(112-10(7)118-4-18(51,52)26(67,68)36(87,88)42(102,103)104)21(57,58)29(73,74)31(77,78)32(79,80)30(75,76)22(59,60)14-113-11(119-5-19(53,54)27(69,70)37(89,90)43(105,106)107)8(116-2-16(47,48)24(63,64)34(83,84)40(96,97)98)12(114-14)120-6-20(55,56)28(71,72)38(91,92)44(108,109)110/h1-6H2. The summed E-state index contributed by atoms with van der Waals surface area (Å²) in [5, 5.41) is 0. The van der Waals surface area contributed by atoms with Gasteiger partial charge in [0.15, 0.2) is 39.6 Å². The molecule has 0 spiro atoms. The van der Waals surface area contributed by atoms with E-state index < -0.39 is 266 Å². The van der Waals surface area contributed by atoms with Gasteiger partial charge in [0.1, 0.15) is 0 Å². The Morgan fingerprint density at radius 1 is 0.142 bits per heavy atom. The lowest BCUT2D eigenvalue weighted by Crippen LogP contribution is -2.69. The first kappa shape index (κ1) is 108. The predicted octanol–water partition coefficient (Wildman–Crippen LogP) is 21.8. The highest BCUT2D eigenvalue weighted by Crippen LogP contribution is 2.66. The molecule has 0 saturated heterocycles. The van der Waals surface area contributed by atoms with Crippen LogP contribution in [0.4, 0.5) is 290 Å². The maximum absolute atomic E-state index is 16.1. The van der Waals surface area contributed by atoms with Gasteiger partial charge in [-0.05, 0) is 0 Å². The van der Waals surface area contributed by atoms with Gasteiger partial charge in [-0.3, -0.25) is 0 Å². The molecule has 706 valence electrons. The number of hydrogen-bond acceptors (Lipinski definition) is 10. The molecule has 0 atom stereocenters. The van der Waals surface area contributed by atoms with Gasteiger partial charge < -0.3 is 28.4 Å². The van der Waals surface area contributed by atoms with Crippen LogP contribution in [-0.2, 0) is 11.8 Å². The maximum Gasteiger partial charge on any atom is 0.460 e. The number of nitrogens with zero attached hydrogens (tertiary/aromatic N) is 4. The largest absolute Gasteiger partial charge is 0.477 e. The van der Waals surface area contributed by atoms with E-state index in [1.54, 1.807) is 0 Å². The van der Waals surface area contributed by atoms with Gasteiger partial charge in [0.05, 0.1) is 0 Å². The molecule has 0 radical (unpaired) electrons. The Labute approximate surface area is 604 Å². The van der Waals surface area contributed by atoms with E-state index in [1.165, 1.54) is 0 Å². The molecule has 2 aromatic heterocycles. The summed E-state index contributed by atoms with van der Waals surface area (Å²) in [5.74, 6) is -251. The third-order valence-corrected chi connectivity index (χ3v) is 13.8. The molecule has 10 nitrogen and oxygen atoms in total. The van der Waals surface area contributed by atoms with Crippen molar-refractivity contribution in [1.82, 2.24) is 19.9 Å². The van der Waals surface area contributed by atoms with Crippen molar-refractivity contribution in [3.63, 3.8) is 0 Å². The van der Waals surface area contributed by atoms with Crippen molar-refractivity contribution in [2.45, 2.75) is 179 Å². The molecule has 0 aliphatic carbocycles. The first-order valence-corrected chi connectivity index (χ1v) is 26.6. The molecule has 0 fully saturated rings. The fourth-order valence-corrected chi connectivity index (χ4v) is 6.76. The molecular formula is C44H12F66N4O6. The molecule has 0 amide bonds. The van der Waals surface area contributed by atoms with E-state index in [-0.39, 0.29) is 0 Å². The van der Waals surface area contributed by atoms with E-state index in [1.807, 2.05) is 0 Å². The van der Waals surface area contributed by atoms with Gasteiger partial charge in [-0.1, -0.05) is 0 Å². The van der Waals surface area contributed by atoms with Crippen molar-refractivity contribution < 1.29 is 318 Å². The van der Waals surface area contributed by atoms with E-state index in [9.17, 15) is 237 Å². The first-order valence-electron chi connectivity index (χ1n) is 26.6. The zero-order valence-electron chi connectivity index (χ0n) is 52.4. The minimum Gasteiger partial charge on any atom is -0.477 e. The second-order valence-electron chi connectivity index (χ2n) is 22.3. The fourth-order valence-electron chi connectivity index (χ4n) is 6.76. The molecule has 0 unspecified atom stereocenters. The van der Waals surface area contributed by atoms with Crippen LogP contribution in [0.1, 0.15) is 11.6 Å². The summed E-state index contributed by atoms with van der Waals surface area (Å²) < 4.78 is 949. The molecule has 2 rings (SSSR count). The molecule has 0 saturated carbocycles. The van der Waals surface area contributed by atoms with Crippen molar-refractivity contribution in [2.24, 2.45) is 0 Å². The van der Waals surface area contributed by atoms with Gasteiger partial charge in [0.25, 0.3) is 23.5 Å². The Balaban J connectivity index is 3.67. The molecule has 2 aromatic rings. The van der Waals surface area contributed by atoms with Crippen LogP contribution in [0.3, 0.4) is 0 Å². The summed E-state index contributed by atoms with van der Waals surface area (Å²) >= 11 is 0. The van der Waals surface area contributed by atoms with Crippen LogP contribution in [0.15, 0.2) is 0 Å². The van der Waals surface area contributed by atoms with E-state index in [2.05, 4.69) is 28.4 Å². The first-order chi connectivity index (χ1) is 51.5. The van der Waals surface area contributed by atoms with E-state index in [4.69, 9.17) is 0 Å². The summed E-state index contributed by atoms with van der Waals surface area (Å²) in [6, 6.07) is 0. The number of aromatic nitrogens is 4. The Hall–Kier alpha value is -7.66. The highest BCUT2D eigenvalue weighted by molar-refractivity contribution is 5.46. The minimum absolute atomic E-state index is 0.816. The monoisotopic (exact) mass is 1950 g/mol. The van der Waals surface area contributed by atoms with Gasteiger partial charge in [-0.2, -0.15) is 310 Å². The lowest BCUT2D eigenvalue weighted by Gasteiger charge is -2.40. The minimum atomic E-state index is -10.4. The summed E-state index contributed by atoms with van der Waals surface area (Å²) in [6.45, 7) is -30.4. The third kappa shape index (κ3) is 16.9. The topological polar surface area (TPSA) is 107 Å². The van der Waals surface area contributed by atoms with Crippen LogP contribution in [-0.4, -0.2) is 227 Å². The Morgan fingerprint density at radius 2 is 0.258 bits per heavy atom. The highest BCUT2D eigenvalue weighted by atomic mass is 19.5. The zero-order valence-corrected chi connectivity index (χ0v) is 52.4. The average molecular weight is 1950 g/mol. The molecule has 2 heterocycles. The quantitative estimate of drug-likeness (QED) is 0.0607. The third-order valence-electron chi connectivity index (χ3n) is 13.8.